The van der Waals surface area contributed by atoms with Crippen LogP contribution in [0, 0.1) is 0 Å². The van der Waals surface area contributed by atoms with E-state index in [2.05, 4.69) is 46.9 Å². The number of Topliss-reactive ketones (excluding diaryl/α,β-unsaturated/α-hetero) is 1. The molecule has 0 spiro atoms. The van der Waals surface area contributed by atoms with Crippen LogP contribution in [0.3, 0.4) is 0 Å². The van der Waals surface area contributed by atoms with Crippen molar-refractivity contribution in [2.24, 2.45) is 0 Å². The predicted octanol–water partition coefficient (Wildman–Crippen LogP) is 2.98. The lowest BCUT2D eigenvalue weighted by Crippen LogP contribution is -2.43. The molecule has 5 heteroatoms. The zero-order chi connectivity index (χ0) is 16.3. The Morgan fingerprint density at radius 3 is 2.45 bits per heavy atom. The third-order valence-corrected chi connectivity index (χ3v) is 4.49. The summed E-state index contributed by atoms with van der Waals surface area (Å²) < 4.78 is 5.74. The van der Waals surface area contributed by atoms with Gasteiger partial charge in [0.2, 0.25) is 0 Å². The van der Waals surface area contributed by atoms with E-state index in [1.54, 1.807) is 7.11 Å². The molecule has 122 valence electrons. The highest BCUT2D eigenvalue weighted by Gasteiger charge is 2.26. The van der Waals surface area contributed by atoms with E-state index in [9.17, 15) is 4.79 Å². The van der Waals surface area contributed by atoms with E-state index in [-0.39, 0.29) is 11.2 Å². The van der Waals surface area contributed by atoms with E-state index in [1.807, 2.05) is 12.1 Å². The summed E-state index contributed by atoms with van der Waals surface area (Å²) in [6.45, 7) is 10.2. The van der Waals surface area contributed by atoms with Crippen molar-refractivity contribution >= 4 is 27.4 Å². The van der Waals surface area contributed by atoms with Gasteiger partial charge in [0.25, 0.3) is 0 Å². The molecule has 0 radical (unpaired) electrons. The molecule has 0 saturated carbocycles. The minimum atomic E-state index is -0.0866. The Labute approximate surface area is 141 Å². The first kappa shape index (κ1) is 17.3. The van der Waals surface area contributed by atoms with Crippen molar-refractivity contribution in [3.8, 4) is 5.75 Å². The Kier molecular flexibility index (Phi) is 5.50. The van der Waals surface area contributed by atoms with Crippen LogP contribution in [0.25, 0.3) is 0 Å². The average molecular weight is 369 g/mol. The van der Waals surface area contributed by atoms with E-state index >= 15 is 0 Å². The molecule has 1 fully saturated rings. The first-order chi connectivity index (χ1) is 10.4. The molecule has 2 rings (SSSR count). The number of piperazine rings is 1. The number of ether oxygens (including phenoxy) is 1. The highest BCUT2D eigenvalue weighted by Crippen LogP contribution is 2.40. The predicted molar refractivity (Wildman–Crippen MR) is 94.9 cm³/mol. The quantitative estimate of drug-likeness (QED) is 0.655. The number of benzene rings is 1. The number of methoxy groups -OCH3 is 1. The van der Waals surface area contributed by atoms with Gasteiger partial charge in [-0.2, -0.15) is 0 Å². The molecule has 0 amide bonds. The van der Waals surface area contributed by atoms with E-state index in [1.165, 1.54) is 0 Å². The molecule has 1 aromatic carbocycles. The lowest BCUT2D eigenvalue weighted by molar-refractivity contribution is 0.102. The van der Waals surface area contributed by atoms with Crippen LogP contribution >= 0.6 is 15.9 Å². The van der Waals surface area contributed by atoms with Crippen LogP contribution in [0.4, 0.5) is 5.69 Å². The highest BCUT2D eigenvalue weighted by molar-refractivity contribution is 9.09. The zero-order valence-electron chi connectivity index (χ0n) is 13.8. The van der Waals surface area contributed by atoms with Gasteiger partial charge < -0.3 is 15.0 Å². The summed E-state index contributed by atoms with van der Waals surface area (Å²) in [5, 5.41) is 3.70. The lowest BCUT2D eigenvalue weighted by Gasteiger charge is -2.33. The number of rotatable bonds is 4. The molecule has 1 aliphatic rings. The summed E-state index contributed by atoms with van der Waals surface area (Å²) >= 11 is 3.28. The number of nitrogens with one attached hydrogen (secondary N) is 1. The van der Waals surface area contributed by atoms with Gasteiger partial charge in [0.05, 0.1) is 18.1 Å². The topological polar surface area (TPSA) is 41.6 Å². The van der Waals surface area contributed by atoms with Gasteiger partial charge in [-0.1, -0.05) is 36.7 Å². The van der Waals surface area contributed by atoms with Crippen LogP contribution in [0.2, 0.25) is 0 Å². The van der Waals surface area contributed by atoms with Crippen molar-refractivity contribution < 1.29 is 9.53 Å². The summed E-state index contributed by atoms with van der Waals surface area (Å²) in [5.74, 6) is 0.991. The van der Waals surface area contributed by atoms with Gasteiger partial charge in [0, 0.05) is 37.3 Å². The maximum atomic E-state index is 12.2. The molecule has 1 aliphatic heterocycles. The van der Waals surface area contributed by atoms with Crippen LogP contribution in [-0.4, -0.2) is 44.4 Å². The van der Waals surface area contributed by atoms with Crippen molar-refractivity contribution in [2.75, 3.05) is 43.5 Å². The van der Waals surface area contributed by atoms with Gasteiger partial charge in [-0.3, -0.25) is 4.79 Å². The number of carbonyl (C=O) groups excluding carboxylic acids is 1. The van der Waals surface area contributed by atoms with Gasteiger partial charge >= 0.3 is 0 Å². The molecule has 1 heterocycles. The Morgan fingerprint density at radius 2 is 1.95 bits per heavy atom. The standard InChI is InChI=1S/C17H25BrN2O2/c1-17(2,3)13-9-12(15(21)11-18)10-14(16(13)22-4)20-7-5-19-6-8-20/h9-10,19H,5-8,11H2,1-4H3. The third-order valence-electron chi connectivity index (χ3n) is 3.98. The van der Waals surface area contributed by atoms with Crippen LogP contribution in [0.5, 0.6) is 5.75 Å². The summed E-state index contributed by atoms with van der Waals surface area (Å²) in [6, 6.07) is 3.96. The minimum Gasteiger partial charge on any atom is -0.494 e. The highest BCUT2D eigenvalue weighted by atomic mass is 79.9. The molecule has 0 aliphatic carbocycles. The Bertz CT molecular complexity index is 546. The van der Waals surface area contributed by atoms with Crippen LogP contribution in [0.1, 0.15) is 36.7 Å². The second-order valence-electron chi connectivity index (χ2n) is 6.62. The third kappa shape index (κ3) is 3.63. The monoisotopic (exact) mass is 368 g/mol. The van der Waals surface area contributed by atoms with Gasteiger partial charge in [-0.15, -0.1) is 0 Å². The fourth-order valence-corrected chi connectivity index (χ4v) is 3.09. The number of hydrogen-bond acceptors (Lipinski definition) is 4. The van der Waals surface area contributed by atoms with Crippen LogP contribution in [0.15, 0.2) is 12.1 Å². The summed E-state index contributed by atoms with van der Waals surface area (Å²) in [5.41, 5.74) is 2.77. The molecule has 0 bridgehead atoms. The summed E-state index contributed by atoms with van der Waals surface area (Å²) in [6.07, 6.45) is 0. The lowest BCUT2D eigenvalue weighted by atomic mass is 9.84. The first-order valence-electron chi connectivity index (χ1n) is 7.66. The maximum Gasteiger partial charge on any atom is 0.173 e. The van der Waals surface area contributed by atoms with E-state index < -0.39 is 0 Å². The Morgan fingerprint density at radius 1 is 1.32 bits per heavy atom. The number of halogens is 1. The van der Waals surface area contributed by atoms with Gasteiger partial charge in [0.15, 0.2) is 5.78 Å². The summed E-state index contributed by atoms with van der Waals surface area (Å²) in [7, 11) is 1.71. The molecule has 4 nitrogen and oxygen atoms in total. The molecule has 1 saturated heterocycles. The number of hydrogen-bond donors (Lipinski definition) is 1. The SMILES string of the molecule is COc1c(N2CCNCC2)cc(C(=O)CBr)cc1C(C)(C)C. The van der Waals surface area contributed by atoms with Crippen LogP contribution < -0.4 is 15.0 Å². The van der Waals surface area contributed by atoms with Crippen molar-refractivity contribution in [2.45, 2.75) is 26.2 Å². The van der Waals surface area contributed by atoms with Crippen LogP contribution in [-0.2, 0) is 5.41 Å². The zero-order valence-corrected chi connectivity index (χ0v) is 15.4. The van der Waals surface area contributed by atoms with Crippen molar-refractivity contribution in [1.82, 2.24) is 5.32 Å². The fourth-order valence-electron chi connectivity index (χ4n) is 2.76. The second-order valence-corrected chi connectivity index (χ2v) is 7.18. The van der Waals surface area contributed by atoms with Crippen molar-refractivity contribution in [1.29, 1.82) is 0 Å². The first-order valence-corrected chi connectivity index (χ1v) is 8.78. The second kappa shape index (κ2) is 7.01. The van der Waals surface area contributed by atoms with Gasteiger partial charge in [0.1, 0.15) is 5.75 Å². The molecule has 1 N–H and O–H groups in total. The van der Waals surface area contributed by atoms with Gasteiger partial charge in [-0.25, -0.2) is 0 Å². The summed E-state index contributed by atoms with van der Waals surface area (Å²) in [4.78, 5) is 14.5. The number of carbonyl (C=O) groups is 1. The molecular weight excluding hydrogens is 344 g/mol. The molecule has 0 unspecified atom stereocenters. The van der Waals surface area contributed by atoms with E-state index in [4.69, 9.17) is 4.74 Å². The molecule has 0 aromatic heterocycles. The molecular formula is C17H25BrN2O2. The molecule has 0 atom stereocenters. The minimum absolute atomic E-state index is 0.0866. The number of ketones is 1. The largest absolute Gasteiger partial charge is 0.494 e. The average Bonchev–Trinajstić information content (AvgIpc) is 2.52. The van der Waals surface area contributed by atoms with Crippen molar-refractivity contribution in [3.63, 3.8) is 0 Å². The Hall–Kier alpha value is -1.07. The van der Waals surface area contributed by atoms with Gasteiger partial charge in [-0.05, 0) is 17.5 Å². The molecule has 1 aromatic rings. The normalized spacial score (nSPS) is 15.8. The maximum absolute atomic E-state index is 12.2. The number of anilines is 1. The van der Waals surface area contributed by atoms with Crippen molar-refractivity contribution in [3.05, 3.63) is 23.3 Å². The molecule has 22 heavy (non-hydrogen) atoms. The Balaban J connectivity index is 2.60. The number of nitrogens with zero attached hydrogens (tertiary/aromatic N) is 1. The smallest absolute Gasteiger partial charge is 0.173 e. The van der Waals surface area contributed by atoms with E-state index in [0.29, 0.717) is 5.33 Å². The number of alkyl halides is 1. The van der Waals surface area contributed by atoms with E-state index in [0.717, 1.165) is 48.7 Å². The fraction of sp³-hybridized carbons (Fsp3) is 0.588.